The number of hydrogen-bond donors (Lipinski definition) is 1. The van der Waals surface area contributed by atoms with Crippen LogP contribution in [0.4, 0.5) is 0 Å². The minimum Gasteiger partial charge on any atom is -0.393 e. The van der Waals surface area contributed by atoms with Crippen molar-refractivity contribution in [2.24, 2.45) is 5.92 Å². The first-order valence-electron chi connectivity index (χ1n) is 4.90. The highest BCUT2D eigenvalue weighted by Gasteiger charge is 2.03. The lowest BCUT2D eigenvalue weighted by Crippen LogP contribution is -2.06. The third-order valence-corrected chi connectivity index (χ3v) is 2.26. The van der Waals surface area contributed by atoms with Crippen LogP contribution in [0.25, 0.3) is 0 Å². The van der Waals surface area contributed by atoms with E-state index >= 15 is 0 Å². The lowest BCUT2D eigenvalue weighted by Gasteiger charge is -2.10. The summed E-state index contributed by atoms with van der Waals surface area (Å²) in [4.78, 5) is 0. The lowest BCUT2D eigenvalue weighted by molar-refractivity contribution is 0.149. The van der Waals surface area contributed by atoms with E-state index in [-0.39, 0.29) is 6.10 Å². The Labute approximate surface area is 81.1 Å². The molecule has 1 N–H and O–H groups in total. The summed E-state index contributed by atoms with van der Waals surface area (Å²) in [5, 5.41) is 9.43. The summed E-state index contributed by atoms with van der Waals surface area (Å²) in [6.07, 6.45) is 4.97. The molecule has 0 fully saturated rings. The topological polar surface area (TPSA) is 20.2 Å². The van der Waals surface area contributed by atoms with Crippen molar-refractivity contribution >= 4 is 11.6 Å². The van der Waals surface area contributed by atoms with Gasteiger partial charge in [-0.25, -0.2) is 0 Å². The molecule has 0 radical (unpaired) electrons. The van der Waals surface area contributed by atoms with Gasteiger partial charge in [-0.2, -0.15) is 0 Å². The molecule has 1 nitrogen and oxygen atoms in total. The van der Waals surface area contributed by atoms with E-state index in [1.165, 1.54) is 6.42 Å². The summed E-state index contributed by atoms with van der Waals surface area (Å²) in [7, 11) is 0. The van der Waals surface area contributed by atoms with Gasteiger partial charge < -0.3 is 5.11 Å². The Hall–Kier alpha value is 0.250. The molecular formula is C10H21ClO. The van der Waals surface area contributed by atoms with Gasteiger partial charge in [-0.3, -0.25) is 0 Å². The summed E-state index contributed by atoms with van der Waals surface area (Å²) >= 11 is 5.52. The van der Waals surface area contributed by atoms with Crippen LogP contribution in [0.2, 0.25) is 0 Å². The van der Waals surface area contributed by atoms with Crippen molar-refractivity contribution in [3.05, 3.63) is 0 Å². The predicted molar refractivity (Wildman–Crippen MR) is 54.6 cm³/mol. The Balaban J connectivity index is 3.13. The van der Waals surface area contributed by atoms with Gasteiger partial charge in [0.25, 0.3) is 0 Å². The Bertz CT molecular complexity index is 93.8. The molecule has 2 heteroatoms. The van der Waals surface area contributed by atoms with Crippen LogP contribution in [0.15, 0.2) is 0 Å². The SMILES string of the molecule is CC(C)CCC[C@H](O)CCCCl. The normalized spacial score (nSPS) is 13.8. The molecule has 0 rings (SSSR count). The fraction of sp³-hybridized carbons (Fsp3) is 1.00. The zero-order chi connectivity index (χ0) is 9.40. The van der Waals surface area contributed by atoms with Crippen LogP contribution in [0, 0.1) is 5.92 Å². The maximum atomic E-state index is 9.43. The summed E-state index contributed by atoms with van der Waals surface area (Å²) in [6, 6.07) is 0. The molecule has 0 spiro atoms. The van der Waals surface area contributed by atoms with Crippen LogP contribution in [-0.2, 0) is 0 Å². The molecule has 12 heavy (non-hydrogen) atoms. The van der Waals surface area contributed by atoms with Crippen molar-refractivity contribution in [3.8, 4) is 0 Å². The second kappa shape index (κ2) is 7.88. The highest BCUT2D eigenvalue weighted by molar-refractivity contribution is 6.17. The summed E-state index contributed by atoms with van der Waals surface area (Å²) in [5.41, 5.74) is 0. The zero-order valence-electron chi connectivity index (χ0n) is 8.22. The smallest absolute Gasteiger partial charge is 0.0540 e. The van der Waals surface area contributed by atoms with E-state index in [2.05, 4.69) is 13.8 Å². The quantitative estimate of drug-likeness (QED) is 0.615. The summed E-state index contributed by atoms with van der Waals surface area (Å²) < 4.78 is 0. The van der Waals surface area contributed by atoms with Gasteiger partial charge in [0, 0.05) is 5.88 Å². The Kier molecular flexibility index (Phi) is 8.04. The molecule has 0 heterocycles. The van der Waals surface area contributed by atoms with Crippen molar-refractivity contribution in [1.82, 2.24) is 0 Å². The molecule has 1 atom stereocenters. The van der Waals surface area contributed by atoms with Crippen LogP contribution in [0.3, 0.4) is 0 Å². The van der Waals surface area contributed by atoms with Crippen LogP contribution in [-0.4, -0.2) is 17.1 Å². The monoisotopic (exact) mass is 192 g/mol. The van der Waals surface area contributed by atoms with Crippen LogP contribution in [0.1, 0.15) is 46.0 Å². The van der Waals surface area contributed by atoms with E-state index in [9.17, 15) is 5.11 Å². The van der Waals surface area contributed by atoms with Crippen molar-refractivity contribution in [2.75, 3.05) is 5.88 Å². The minimum absolute atomic E-state index is 0.123. The van der Waals surface area contributed by atoms with E-state index in [4.69, 9.17) is 11.6 Å². The minimum atomic E-state index is -0.123. The molecule has 0 aromatic rings. The lowest BCUT2D eigenvalue weighted by atomic mass is 10.0. The first-order chi connectivity index (χ1) is 5.66. The van der Waals surface area contributed by atoms with Gasteiger partial charge in [-0.05, 0) is 25.2 Å². The maximum Gasteiger partial charge on any atom is 0.0540 e. The molecular weight excluding hydrogens is 172 g/mol. The first-order valence-corrected chi connectivity index (χ1v) is 5.44. The highest BCUT2D eigenvalue weighted by atomic mass is 35.5. The molecule has 74 valence electrons. The third kappa shape index (κ3) is 8.35. The van der Waals surface area contributed by atoms with Gasteiger partial charge in [-0.15, -0.1) is 11.6 Å². The van der Waals surface area contributed by atoms with E-state index in [1.54, 1.807) is 0 Å². The Morgan fingerprint density at radius 1 is 1.08 bits per heavy atom. The zero-order valence-corrected chi connectivity index (χ0v) is 8.98. The van der Waals surface area contributed by atoms with E-state index < -0.39 is 0 Å². The largest absolute Gasteiger partial charge is 0.393 e. The van der Waals surface area contributed by atoms with Crippen LogP contribution < -0.4 is 0 Å². The molecule has 0 aromatic carbocycles. The van der Waals surface area contributed by atoms with Crippen molar-refractivity contribution in [1.29, 1.82) is 0 Å². The number of alkyl halides is 1. The Morgan fingerprint density at radius 3 is 2.17 bits per heavy atom. The molecule has 0 amide bonds. The number of aliphatic hydroxyl groups is 1. The average molecular weight is 193 g/mol. The van der Waals surface area contributed by atoms with E-state index in [1.807, 2.05) is 0 Å². The van der Waals surface area contributed by atoms with Crippen molar-refractivity contribution in [3.63, 3.8) is 0 Å². The van der Waals surface area contributed by atoms with Crippen LogP contribution in [0.5, 0.6) is 0 Å². The van der Waals surface area contributed by atoms with Gasteiger partial charge in [0.1, 0.15) is 0 Å². The van der Waals surface area contributed by atoms with Gasteiger partial charge in [0.2, 0.25) is 0 Å². The fourth-order valence-corrected chi connectivity index (χ4v) is 1.37. The standard InChI is InChI=1S/C10H21ClO/c1-9(2)5-3-6-10(12)7-4-8-11/h9-10,12H,3-8H2,1-2H3/t10-/m0/s1. The molecule has 0 aliphatic carbocycles. The Morgan fingerprint density at radius 2 is 1.67 bits per heavy atom. The summed E-state index contributed by atoms with van der Waals surface area (Å²) in [6.45, 7) is 4.43. The van der Waals surface area contributed by atoms with Gasteiger partial charge in [-0.1, -0.05) is 26.7 Å². The third-order valence-electron chi connectivity index (χ3n) is 1.99. The van der Waals surface area contributed by atoms with Gasteiger partial charge in [0.15, 0.2) is 0 Å². The number of aliphatic hydroxyl groups excluding tert-OH is 1. The van der Waals surface area contributed by atoms with Crippen molar-refractivity contribution < 1.29 is 5.11 Å². The number of halogens is 1. The van der Waals surface area contributed by atoms with Crippen molar-refractivity contribution in [2.45, 2.75) is 52.1 Å². The number of hydrogen-bond acceptors (Lipinski definition) is 1. The predicted octanol–water partition coefficient (Wildman–Crippen LogP) is 3.19. The van der Waals surface area contributed by atoms with Gasteiger partial charge >= 0.3 is 0 Å². The molecule has 0 unspecified atom stereocenters. The molecule has 0 aromatic heterocycles. The number of rotatable bonds is 7. The van der Waals surface area contributed by atoms with E-state index in [0.717, 1.165) is 31.6 Å². The average Bonchev–Trinajstić information content (AvgIpc) is 2.00. The molecule has 0 saturated carbocycles. The molecule has 0 bridgehead atoms. The second-order valence-corrected chi connectivity index (χ2v) is 4.19. The summed E-state index contributed by atoms with van der Waals surface area (Å²) in [5.74, 6) is 1.42. The molecule has 0 saturated heterocycles. The highest BCUT2D eigenvalue weighted by Crippen LogP contribution is 2.11. The van der Waals surface area contributed by atoms with E-state index in [0.29, 0.717) is 5.88 Å². The molecule has 0 aliphatic heterocycles. The molecule has 0 aliphatic rings. The first kappa shape index (κ1) is 12.2. The second-order valence-electron chi connectivity index (χ2n) is 3.81. The maximum absolute atomic E-state index is 9.43. The fourth-order valence-electron chi connectivity index (χ4n) is 1.22. The van der Waals surface area contributed by atoms with Gasteiger partial charge in [0.05, 0.1) is 6.10 Å². The van der Waals surface area contributed by atoms with Crippen LogP contribution >= 0.6 is 11.6 Å².